The van der Waals surface area contributed by atoms with Gasteiger partial charge in [0.2, 0.25) is 11.8 Å². The molecule has 2 fully saturated rings. The molecule has 7 rings (SSSR count). The topological polar surface area (TPSA) is 104 Å². The number of aromatic nitrogens is 2. The molecule has 0 saturated carbocycles. The average Bonchev–Trinajstić information content (AvgIpc) is 3.11. The first kappa shape index (κ1) is 32.0. The number of methoxy groups -OCH3 is 1. The second-order valence-electron chi connectivity index (χ2n) is 13.2. The number of nitrogens with one attached hydrogen (secondary N) is 2. The molecule has 0 spiro atoms. The minimum absolute atomic E-state index is 0.0842. The summed E-state index contributed by atoms with van der Waals surface area (Å²) in [5.41, 5.74) is 3.36. The molecule has 48 heavy (non-hydrogen) atoms. The Morgan fingerprint density at radius 1 is 1.17 bits per heavy atom. The Bertz CT molecular complexity index is 1840. The lowest BCUT2D eigenvalue weighted by atomic mass is 10.00. The maximum Gasteiger partial charge on any atom is 0.227 e. The van der Waals surface area contributed by atoms with Crippen LogP contribution in [0.5, 0.6) is 11.6 Å². The van der Waals surface area contributed by atoms with Gasteiger partial charge in [-0.05, 0) is 62.5 Å². The van der Waals surface area contributed by atoms with E-state index in [1.165, 1.54) is 16.7 Å². The van der Waals surface area contributed by atoms with Gasteiger partial charge in [0.25, 0.3) is 0 Å². The maximum absolute atomic E-state index is 16.0. The number of carbonyl (C=O) groups excluding carboxylic acids is 1. The molecule has 11 nitrogen and oxygen atoms in total. The number of hydrogen-bond acceptors (Lipinski definition) is 9. The summed E-state index contributed by atoms with van der Waals surface area (Å²) in [6.45, 7) is 6.28. The minimum atomic E-state index is -0.600. The molecule has 6 heterocycles. The van der Waals surface area contributed by atoms with Crippen molar-refractivity contribution < 1.29 is 18.7 Å². The van der Waals surface area contributed by atoms with E-state index in [9.17, 15) is 9.59 Å². The number of pyridine rings is 2. The van der Waals surface area contributed by atoms with Crippen molar-refractivity contribution in [3.05, 3.63) is 81.4 Å². The van der Waals surface area contributed by atoms with E-state index in [2.05, 4.69) is 37.6 Å². The Hall–Kier alpha value is -4.58. The smallest absolute Gasteiger partial charge is 0.227 e. The molecule has 12 heteroatoms. The van der Waals surface area contributed by atoms with Gasteiger partial charge in [0.1, 0.15) is 12.3 Å². The fraction of sp³-hybridized carbons (Fsp3) is 0.472. The summed E-state index contributed by atoms with van der Waals surface area (Å²) in [7, 11) is 3.51. The van der Waals surface area contributed by atoms with Crippen LogP contribution in [0.15, 0.2) is 59.1 Å². The second-order valence-corrected chi connectivity index (χ2v) is 13.2. The van der Waals surface area contributed by atoms with Crippen LogP contribution in [0.1, 0.15) is 56.2 Å². The van der Waals surface area contributed by atoms with Gasteiger partial charge in [-0.3, -0.25) is 14.5 Å². The second kappa shape index (κ2) is 13.5. The fourth-order valence-corrected chi connectivity index (χ4v) is 7.49. The molecule has 2 saturated heterocycles. The Morgan fingerprint density at radius 2 is 2.04 bits per heavy atom. The number of allylic oxidation sites excluding steroid dienone is 2. The third-order valence-corrected chi connectivity index (χ3v) is 10.1. The van der Waals surface area contributed by atoms with Gasteiger partial charge in [-0.25, -0.2) is 9.37 Å². The molecule has 4 aliphatic rings. The lowest BCUT2D eigenvalue weighted by molar-refractivity contribution is -0.119. The van der Waals surface area contributed by atoms with E-state index in [0.717, 1.165) is 56.7 Å². The molecular formula is C36H44FN7O4. The molecular weight excluding hydrogens is 613 g/mol. The number of anilines is 1. The number of rotatable bonds is 9. The first-order valence-electron chi connectivity index (χ1n) is 17.0. The zero-order valence-corrected chi connectivity index (χ0v) is 27.9. The molecule has 254 valence electrons. The molecule has 0 radical (unpaired) electrons. The number of likely N-dealkylation sites (tertiary alicyclic amines) is 1. The number of nitrogens with zero attached hydrogens (tertiary/aromatic N) is 5. The van der Waals surface area contributed by atoms with Crippen LogP contribution in [0.25, 0.3) is 10.9 Å². The van der Waals surface area contributed by atoms with Gasteiger partial charge < -0.3 is 34.5 Å². The van der Waals surface area contributed by atoms with E-state index in [-0.39, 0.29) is 40.2 Å². The van der Waals surface area contributed by atoms with Crippen LogP contribution < -0.4 is 30.4 Å². The molecule has 2 atom stereocenters. The number of carbonyl (C=O) groups is 1. The molecule has 2 N–H and O–H groups in total. The van der Waals surface area contributed by atoms with Crippen molar-refractivity contribution >= 4 is 22.5 Å². The predicted molar refractivity (Wildman–Crippen MR) is 182 cm³/mol. The van der Waals surface area contributed by atoms with Gasteiger partial charge in [-0.1, -0.05) is 0 Å². The first-order chi connectivity index (χ1) is 23.3. The van der Waals surface area contributed by atoms with E-state index in [4.69, 9.17) is 9.47 Å². The van der Waals surface area contributed by atoms with Gasteiger partial charge in [-0.15, -0.1) is 0 Å². The number of hydrogen-bond donors (Lipinski definition) is 2. The number of benzene rings is 1. The van der Waals surface area contributed by atoms with Crippen LogP contribution in [0.2, 0.25) is 0 Å². The Kier molecular flexibility index (Phi) is 9.00. The van der Waals surface area contributed by atoms with Crippen molar-refractivity contribution in [2.24, 2.45) is 0 Å². The summed E-state index contributed by atoms with van der Waals surface area (Å²) in [4.78, 5) is 37.8. The highest BCUT2D eigenvalue weighted by Crippen LogP contribution is 2.43. The highest BCUT2D eigenvalue weighted by Gasteiger charge is 2.33. The largest absolute Gasteiger partial charge is 0.487 e. The van der Waals surface area contributed by atoms with Crippen molar-refractivity contribution in [1.82, 2.24) is 30.0 Å². The summed E-state index contributed by atoms with van der Waals surface area (Å²) in [5.74, 6) is 1.10. The number of amides is 1. The van der Waals surface area contributed by atoms with Crippen molar-refractivity contribution in [3.63, 3.8) is 0 Å². The van der Waals surface area contributed by atoms with E-state index in [0.29, 0.717) is 49.6 Å². The zero-order chi connectivity index (χ0) is 33.4. The van der Waals surface area contributed by atoms with Gasteiger partial charge in [0, 0.05) is 82.0 Å². The van der Waals surface area contributed by atoms with E-state index < -0.39 is 5.82 Å². The number of piperidine rings is 2. The third-order valence-electron chi connectivity index (χ3n) is 10.1. The minimum Gasteiger partial charge on any atom is -0.487 e. The monoisotopic (exact) mass is 657 g/mol. The zero-order valence-electron chi connectivity index (χ0n) is 27.9. The predicted octanol–water partition coefficient (Wildman–Crippen LogP) is 4.03. The number of halogens is 1. The summed E-state index contributed by atoms with van der Waals surface area (Å²) in [6.07, 6.45) is 11.9. The van der Waals surface area contributed by atoms with Crippen LogP contribution in [0, 0.1) is 5.82 Å². The summed E-state index contributed by atoms with van der Waals surface area (Å²) in [6, 6.07) is 5.31. The fourth-order valence-electron chi connectivity index (χ4n) is 7.49. The van der Waals surface area contributed by atoms with Crippen molar-refractivity contribution in [2.75, 3.05) is 51.8 Å². The number of ether oxygens (including phenoxy) is 2. The van der Waals surface area contributed by atoms with Crippen molar-refractivity contribution in [1.29, 1.82) is 0 Å². The van der Waals surface area contributed by atoms with Crippen LogP contribution >= 0.6 is 0 Å². The Balaban J connectivity index is 1.27. The lowest BCUT2D eigenvalue weighted by Gasteiger charge is -2.42. The van der Waals surface area contributed by atoms with Gasteiger partial charge in [-0.2, -0.15) is 0 Å². The molecule has 1 aromatic carbocycles. The number of dihydropyridines is 1. The molecule has 4 aliphatic heterocycles. The van der Waals surface area contributed by atoms with E-state index >= 15 is 4.39 Å². The molecule has 0 bridgehead atoms. The molecule has 1 amide bonds. The molecule has 2 aromatic heterocycles. The molecule has 0 aliphatic carbocycles. The normalized spacial score (nSPS) is 21.1. The first-order valence-corrected chi connectivity index (χ1v) is 17.0. The highest BCUT2D eigenvalue weighted by molar-refractivity contribution is 6.01. The Labute approximate surface area is 280 Å². The molecule has 3 aromatic rings. The standard InChI is InChI=1S/C36H44FN7O4/c1-23-22-48-36-33-28(16-29(37)34(36)43-14-5-4-8-32(43)45)35(46)25(20-44(23)33)19-42(18-24-11-12-39-31(15-24)47-3)27-7-6-13-41(21-27)26-9-10-30(38-2)40-17-26/h9-12,15-16,20,23,27,38,40H,4-8,13-14,17-19,21-22H2,1-3H3. The van der Waals surface area contributed by atoms with Gasteiger partial charge in [0.05, 0.1) is 36.4 Å². The van der Waals surface area contributed by atoms with Crippen molar-refractivity contribution in [2.45, 2.75) is 64.2 Å². The van der Waals surface area contributed by atoms with Crippen molar-refractivity contribution in [3.8, 4) is 11.6 Å². The maximum atomic E-state index is 16.0. The Morgan fingerprint density at radius 3 is 2.81 bits per heavy atom. The highest BCUT2D eigenvalue weighted by atomic mass is 19.1. The summed E-state index contributed by atoms with van der Waals surface area (Å²) >= 11 is 0. The third kappa shape index (κ3) is 6.09. The SMILES string of the molecule is CNC1=CC=C(N2CCCC(N(Cc3ccnc(OC)c3)Cc3cn4c5c(c(N6CCCCC6=O)c(F)cc5c3=O)OCC4C)C2)CN1. The van der Waals surface area contributed by atoms with E-state index in [1.54, 1.807) is 13.3 Å². The van der Waals surface area contributed by atoms with Crippen LogP contribution in [0.3, 0.4) is 0 Å². The van der Waals surface area contributed by atoms with Gasteiger partial charge >= 0.3 is 0 Å². The van der Waals surface area contributed by atoms with Crippen LogP contribution in [0.4, 0.5) is 10.1 Å². The van der Waals surface area contributed by atoms with E-state index in [1.807, 2.05) is 36.9 Å². The molecule has 2 unspecified atom stereocenters. The average molecular weight is 658 g/mol. The van der Waals surface area contributed by atoms with Gasteiger partial charge in [0.15, 0.2) is 17.0 Å². The van der Waals surface area contributed by atoms with Crippen LogP contribution in [-0.4, -0.2) is 78.2 Å². The lowest BCUT2D eigenvalue weighted by Crippen LogP contribution is -2.49. The summed E-state index contributed by atoms with van der Waals surface area (Å²) < 4.78 is 29.6. The van der Waals surface area contributed by atoms with Crippen LogP contribution in [-0.2, 0) is 17.9 Å². The summed E-state index contributed by atoms with van der Waals surface area (Å²) in [5, 5.41) is 6.88. The quantitative estimate of drug-likeness (QED) is 0.353.